The third kappa shape index (κ3) is 6.68. The molecule has 4 aromatic carbocycles. The number of carbonyl (C=O) groups is 1. The lowest BCUT2D eigenvalue weighted by atomic mass is 10.1. The van der Waals surface area contributed by atoms with E-state index in [9.17, 15) is 31.5 Å². The van der Waals surface area contributed by atoms with Crippen molar-refractivity contribution in [2.45, 2.75) is 11.1 Å². The van der Waals surface area contributed by atoms with Crippen molar-refractivity contribution in [2.24, 2.45) is 4.99 Å². The van der Waals surface area contributed by atoms with Gasteiger partial charge in [-0.2, -0.15) is 13.2 Å². The van der Waals surface area contributed by atoms with Gasteiger partial charge >= 0.3 is 6.18 Å². The van der Waals surface area contributed by atoms with E-state index in [1.807, 2.05) is 0 Å². The van der Waals surface area contributed by atoms with E-state index >= 15 is 0 Å². The number of alkyl halides is 3. The highest BCUT2D eigenvalue weighted by atomic mass is 32.2. The summed E-state index contributed by atoms with van der Waals surface area (Å²) in [4.78, 5) is 19.9. The lowest BCUT2D eigenvalue weighted by Gasteiger charge is -2.11. The average molecular weight is 608 g/mol. The lowest BCUT2D eigenvalue weighted by Crippen LogP contribution is -2.18. The van der Waals surface area contributed by atoms with Crippen LogP contribution in [0.2, 0.25) is 0 Å². The molecule has 5 N–H and O–H groups in total. The van der Waals surface area contributed by atoms with Crippen molar-refractivity contribution in [1.29, 1.82) is 0 Å². The Labute approximate surface area is 244 Å². The maximum absolute atomic E-state index is 13.0. The van der Waals surface area contributed by atoms with E-state index in [0.717, 1.165) is 12.1 Å². The Morgan fingerprint density at radius 2 is 1.60 bits per heavy atom. The molecule has 0 spiro atoms. The summed E-state index contributed by atoms with van der Waals surface area (Å²) in [5.74, 6) is -0.788. The van der Waals surface area contributed by atoms with Crippen molar-refractivity contribution in [2.75, 3.05) is 17.7 Å². The van der Waals surface area contributed by atoms with E-state index in [1.54, 1.807) is 54.6 Å². The number of benzene rings is 4. The number of fused-ring (bicyclic) bond motifs is 1. The van der Waals surface area contributed by atoms with E-state index in [1.165, 1.54) is 37.5 Å². The molecule has 0 aliphatic heterocycles. The van der Waals surface area contributed by atoms with E-state index < -0.39 is 27.7 Å². The molecule has 1 heterocycles. The van der Waals surface area contributed by atoms with Crippen molar-refractivity contribution in [3.05, 3.63) is 108 Å². The summed E-state index contributed by atoms with van der Waals surface area (Å²) >= 11 is 0. The minimum Gasteiger partial charge on any atom is -0.494 e. The SMILES string of the molecule is CNS(=O)(=O)c1ccc(N=Cc2c(O)[nH]c3cc(Nc4cccc(NC(=O)c5cccc(C(F)(F)F)c5)c4)ccc23)cc1. The molecule has 1 amide bonds. The number of sulfonamides is 1. The minimum absolute atomic E-state index is 0.104. The van der Waals surface area contributed by atoms with Crippen LogP contribution >= 0.6 is 0 Å². The van der Waals surface area contributed by atoms with Gasteiger partial charge in [0.15, 0.2) is 5.88 Å². The van der Waals surface area contributed by atoms with Crippen LogP contribution in [0.25, 0.3) is 10.9 Å². The molecule has 0 aliphatic carbocycles. The van der Waals surface area contributed by atoms with Gasteiger partial charge in [-0.1, -0.05) is 12.1 Å². The second-order valence-corrected chi connectivity index (χ2v) is 11.2. The van der Waals surface area contributed by atoms with Gasteiger partial charge in [0, 0.05) is 34.2 Å². The first-order chi connectivity index (χ1) is 20.4. The Bertz CT molecular complexity index is 1950. The average Bonchev–Trinajstić information content (AvgIpc) is 3.30. The summed E-state index contributed by atoms with van der Waals surface area (Å²) in [5.41, 5.74) is 2.13. The number of amides is 1. The molecule has 0 saturated heterocycles. The molecule has 5 aromatic rings. The number of rotatable bonds is 8. The minimum atomic E-state index is -4.56. The van der Waals surface area contributed by atoms with Crippen molar-refractivity contribution >= 4 is 55.8 Å². The predicted octanol–water partition coefficient (Wildman–Crippen LogP) is 6.55. The zero-order valence-corrected chi connectivity index (χ0v) is 23.2. The number of hydrogen-bond acceptors (Lipinski definition) is 6. The van der Waals surface area contributed by atoms with Crippen LogP contribution in [0.3, 0.4) is 0 Å². The van der Waals surface area contributed by atoms with Crippen LogP contribution in [0.5, 0.6) is 5.88 Å². The van der Waals surface area contributed by atoms with Gasteiger partial charge in [-0.3, -0.25) is 9.79 Å². The third-order valence-electron chi connectivity index (χ3n) is 6.44. The predicted molar refractivity (Wildman–Crippen MR) is 159 cm³/mol. The third-order valence-corrected chi connectivity index (χ3v) is 7.87. The Hall–Kier alpha value is -5.14. The molecule has 220 valence electrons. The van der Waals surface area contributed by atoms with E-state index in [-0.39, 0.29) is 16.3 Å². The highest BCUT2D eigenvalue weighted by Crippen LogP contribution is 2.31. The zero-order valence-electron chi connectivity index (χ0n) is 22.4. The van der Waals surface area contributed by atoms with Crippen LogP contribution in [0, 0.1) is 0 Å². The van der Waals surface area contributed by atoms with Gasteiger partial charge in [-0.15, -0.1) is 0 Å². The summed E-state index contributed by atoms with van der Waals surface area (Å²) in [6, 6.07) is 22.1. The summed E-state index contributed by atoms with van der Waals surface area (Å²) < 4.78 is 65.1. The molecule has 0 unspecified atom stereocenters. The van der Waals surface area contributed by atoms with Gasteiger partial charge in [0.1, 0.15) is 0 Å². The molecular formula is C30H24F3N5O4S. The van der Waals surface area contributed by atoms with Crippen LogP contribution < -0.4 is 15.4 Å². The number of halogens is 3. The fourth-order valence-electron chi connectivity index (χ4n) is 4.26. The molecule has 0 aliphatic rings. The van der Waals surface area contributed by atoms with Gasteiger partial charge in [-0.25, -0.2) is 13.1 Å². The number of nitrogens with zero attached hydrogens (tertiary/aromatic N) is 1. The topological polar surface area (TPSA) is 136 Å². The summed E-state index contributed by atoms with van der Waals surface area (Å²) in [7, 11) is -2.24. The molecule has 5 rings (SSSR count). The number of aromatic amines is 1. The molecular weight excluding hydrogens is 583 g/mol. The highest BCUT2D eigenvalue weighted by Gasteiger charge is 2.30. The first-order valence-corrected chi connectivity index (χ1v) is 14.2. The smallest absolute Gasteiger partial charge is 0.416 e. The van der Waals surface area contributed by atoms with E-state index in [2.05, 4.69) is 25.3 Å². The number of anilines is 3. The number of H-pyrrole nitrogens is 1. The van der Waals surface area contributed by atoms with Crippen molar-refractivity contribution in [3.8, 4) is 5.88 Å². The number of aromatic nitrogens is 1. The largest absolute Gasteiger partial charge is 0.494 e. The van der Waals surface area contributed by atoms with E-state index in [0.29, 0.717) is 39.2 Å². The van der Waals surface area contributed by atoms with Crippen LogP contribution in [0.1, 0.15) is 21.5 Å². The molecule has 0 fully saturated rings. The summed E-state index contributed by atoms with van der Waals surface area (Å²) in [6.45, 7) is 0. The molecule has 0 bridgehead atoms. The van der Waals surface area contributed by atoms with Crippen LogP contribution in [-0.2, 0) is 16.2 Å². The van der Waals surface area contributed by atoms with Crippen molar-refractivity contribution < 1.29 is 31.5 Å². The number of aromatic hydroxyl groups is 1. The first kappa shape index (κ1) is 29.4. The standard InChI is InChI=1S/C30H24F3N5O4S/c1-34-43(41,42)24-11-8-20(9-12-24)35-17-26-25-13-10-23(16-27(25)38-29(26)40)36-21-6-3-7-22(15-21)37-28(39)18-4-2-5-19(14-18)30(31,32)33/h2-17,34,36,38,40H,1H3,(H,37,39). The molecule has 1 aromatic heterocycles. The fourth-order valence-corrected chi connectivity index (χ4v) is 4.99. The quantitative estimate of drug-likeness (QED) is 0.128. The normalized spacial score (nSPS) is 12.1. The van der Waals surface area contributed by atoms with Gasteiger partial charge in [0.05, 0.1) is 27.2 Å². The van der Waals surface area contributed by atoms with Gasteiger partial charge in [-0.05, 0) is 85.9 Å². The maximum Gasteiger partial charge on any atom is 0.416 e. The molecule has 13 heteroatoms. The molecule has 0 radical (unpaired) electrons. The highest BCUT2D eigenvalue weighted by molar-refractivity contribution is 7.89. The van der Waals surface area contributed by atoms with Gasteiger partial charge in [0.2, 0.25) is 10.0 Å². The number of nitrogens with one attached hydrogen (secondary N) is 4. The van der Waals surface area contributed by atoms with Crippen LogP contribution in [-0.4, -0.2) is 37.7 Å². The maximum atomic E-state index is 13.0. The van der Waals surface area contributed by atoms with Crippen LogP contribution in [0.4, 0.5) is 35.9 Å². The Balaban J connectivity index is 1.30. The second kappa shape index (κ2) is 11.6. The lowest BCUT2D eigenvalue weighted by molar-refractivity contribution is -0.137. The van der Waals surface area contributed by atoms with E-state index in [4.69, 9.17) is 0 Å². The fraction of sp³-hybridized carbons (Fsp3) is 0.0667. The number of carbonyl (C=O) groups excluding carboxylic acids is 1. The Morgan fingerprint density at radius 1 is 0.907 bits per heavy atom. The Kier molecular flexibility index (Phi) is 7.93. The first-order valence-electron chi connectivity index (χ1n) is 12.7. The summed E-state index contributed by atoms with van der Waals surface area (Å²) in [5, 5.41) is 17.0. The second-order valence-electron chi connectivity index (χ2n) is 9.35. The number of aliphatic imine (C=N–C) groups is 1. The molecule has 0 atom stereocenters. The monoisotopic (exact) mass is 607 g/mol. The molecule has 9 nitrogen and oxygen atoms in total. The van der Waals surface area contributed by atoms with Gasteiger partial charge < -0.3 is 20.7 Å². The molecule has 0 saturated carbocycles. The molecule has 43 heavy (non-hydrogen) atoms. The summed E-state index contributed by atoms with van der Waals surface area (Å²) in [6.07, 6.45) is -3.09. The number of hydrogen-bond donors (Lipinski definition) is 5. The van der Waals surface area contributed by atoms with Crippen molar-refractivity contribution in [1.82, 2.24) is 9.71 Å². The van der Waals surface area contributed by atoms with Crippen molar-refractivity contribution in [3.63, 3.8) is 0 Å². The zero-order chi connectivity index (χ0) is 30.8. The van der Waals surface area contributed by atoms with Gasteiger partial charge in [0.25, 0.3) is 5.91 Å². The Morgan fingerprint density at radius 3 is 2.33 bits per heavy atom. The van der Waals surface area contributed by atoms with Crippen LogP contribution in [0.15, 0.2) is 101 Å².